The van der Waals surface area contributed by atoms with Gasteiger partial charge in [-0.05, 0) is 19.9 Å². The number of esters is 1. The Kier molecular flexibility index (Phi) is 8.68. The summed E-state index contributed by atoms with van der Waals surface area (Å²) in [6.45, 7) is 3.71. The molecule has 156 valence electrons. The van der Waals surface area contributed by atoms with Gasteiger partial charge >= 0.3 is 11.9 Å². The van der Waals surface area contributed by atoms with E-state index in [1.165, 1.54) is 23.6 Å². The summed E-state index contributed by atoms with van der Waals surface area (Å²) in [5, 5.41) is 15.4. The topological polar surface area (TPSA) is 119 Å². The maximum Gasteiger partial charge on any atom is 0.341 e. The number of aromatic nitrogens is 1. The van der Waals surface area contributed by atoms with Crippen molar-refractivity contribution < 1.29 is 28.9 Å². The average molecular weight is 442 g/mol. The van der Waals surface area contributed by atoms with Crippen LogP contribution in [-0.2, 0) is 20.7 Å². The number of halogens is 1. The molecule has 0 unspecified atom stereocenters. The molecule has 9 nitrogen and oxygen atoms in total. The molecule has 0 saturated heterocycles. The third-order valence-electron chi connectivity index (χ3n) is 3.26. The van der Waals surface area contributed by atoms with Crippen LogP contribution in [0, 0.1) is 0 Å². The van der Waals surface area contributed by atoms with Gasteiger partial charge in [0.1, 0.15) is 0 Å². The van der Waals surface area contributed by atoms with Gasteiger partial charge in [-0.15, -0.1) is 11.3 Å². The molecule has 0 aliphatic rings. The smallest absolute Gasteiger partial charge is 0.341 e. The van der Waals surface area contributed by atoms with Crippen LogP contribution < -0.4 is 14.9 Å². The van der Waals surface area contributed by atoms with Crippen molar-refractivity contribution in [3.8, 4) is 11.5 Å². The van der Waals surface area contributed by atoms with Crippen molar-refractivity contribution in [2.45, 2.75) is 20.3 Å². The molecule has 11 heteroatoms. The SMILES string of the molecule is CCOC(=O)Cc1csc(NN=Cc2cc(OCC)c(OCC(=O)O)cc2Cl)n1. The van der Waals surface area contributed by atoms with Gasteiger partial charge in [0, 0.05) is 17.0 Å². The van der Waals surface area contributed by atoms with Crippen molar-refractivity contribution >= 4 is 46.2 Å². The minimum Gasteiger partial charge on any atom is -0.490 e. The Morgan fingerprint density at radius 2 is 2.03 bits per heavy atom. The molecule has 2 aromatic rings. The van der Waals surface area contributed by atoms with Crippen LogP contribution in [-0.4, -0.2) is 48.1 Å². The Morgan fingerprint density at radius 1 is 1.28 bits per heavy atom. The molecule has 0 saturated carbocycles. The van der Waals surface area contributed by atoms with E-state index in [0.29, 0.717) is 40.4 Å². The molecule has 0 amide bonds. The number of nitrogens with zero attached hydrogens (tertiary/aromatic N) is 2. The molecule has 2 N–H and O–H groups in total. The van der Waals surface area contributed by atoms with Crippen LogP contribution in [0.4, 0.5) is 5.13 Å². The first kappa shape index (κ1) is 22.4. The highest BCUT2D eigenvalue weighted by molar-refractivity contribution is 7.13. The van der Waals surface area contributed by atoms with Gasteiger partial charge in [-0.3, -0.25) is 10.2 Å². The van der Waals surface area contributed by atoms with Crippen LogP contribution >= 0.6 is 22.9 Å². The molecule has 1 aromatic heterocycles. The third-order valence-corrected chi connectivity index (χ3v) is 4.38. The Morgan fingerprint density at radius 3 is 2.72 bits per heavy atom. The van der Waals surface area contributed by atoms with Crippen molar-refractivity contribution in [2.24, 2.45) is 5.10 Å². The summed E-state index contributed by atoms with van der Waals surface area (Å²) < 4.78 is 15.6. The van der Waals surface area contributed by atoms with Crippen LogP contribution in [0.5, 0.6) is 11.5 Å². The Bertz CT molecular complexity index is 886. The van der Waals surface area contributed by atoms with Crippen molar-refractivity contribution in [1.29, 1.82) is 0 Å². The predicted octanol–water partition coefficient (Wildman–Crippen LogP) is 3.21. The zero-order valence-corrected chi connectivity index (χ0v) is 17.4. The predicted molar refractivity (Wildman–Crippen MR) is 109 cm³/mol. The number of anilines is 1. The van der Waals surface area contributed by atoms with Gasteiger partial charge in [0.25, 0.3) is 0 Å². The first-order chi connectivity index (χ1) is 13.9. The maximum absolute atomic E-state index is 11.5. The first-order valence-electron chi connectivity index (χ1n) is 8.63. The molecular weight excluding hydrogens is 422 g/mol. The molecule has 0 spiro atoms. The lowest BCUT2D eigenvalue weighted by molar-refractivity contribution is -0.142. The van der Waals surface area contributed by atoms with E-state index < -0.39 is 12.6 Å². The fourth-order valence-corrected chi connectivity index (χ4v) is 2.99. The summed E-state index contributed by atoms with van der Waals surface area (Å²) in [7, 11) is 0. The minimum atomic E-state index is -1.11. The van der Waals surface area contributed by atoms with E-state index in [-0.39, 0.29) is 18.1 Å². The number of carboxylic acids is 1. The van der Waals surface area contributed by atoms with Crippen LogP contribution in [0.1, 0.15) is 25.1 Å². The van der Waals surface area contributed by atoms with Gasteiger partial charge in [0.05, 0.1) is 36.6 Å². The standard InChI is InChI=1S/C18H20ClN3O6S/c1-3-26-14-5-11(13(19)7-15(14)28-9-16(23)24)8-20-22-18-21-12(10-29-18)6-17(25)27-4-2/h5,7-8,10H,3-4,6,9H2,1-2H3,(H,21,22)(H,23,24). The Balaban J connectivity index is 2.06. The van der Waals surface area contributed by atoms with Gasteiger partial charge in [-0.2, -0.15) is 5.10 Å². The monoisotopic (exact) mass is 441 g/mol. The zero-order valence-electron chi connectivity index (χ0n) is 15.8. The minimum absolute atomic E-state index is 0.0943. The molecule has 0 aliphatic carbocycles. The van der Waals surface area contributed by atoms with Crippen LogP contribution in [0.3, 0.4) is 0 Å². The number of aliphatic carboxylic acids is 1. The van der Waals surface area contributed by atoms with E-state index >= 15 is 0 Å². The van der Waals surface area contributed by atoms with E-state index in [4.69, 9.17) is 30.9 Å². The molecule has 1 heterocycles. The summed E-state index contributed by atoms with van der Waals surface area (Å²) in [5.74, 6) is -0.865. The second kappa shape index (κ2) is 11.2. The maximum atomic E-state index is 11.5. The molecule has 0 fully saturated rings. The Hall–Kier alpha value is -2.85. The molecule has 0 aliphatic heterocycles. The third kappa shape index (κ3) is 7.24. The first-order valence-corrected chi connectivity index (χ1v) is 9.88. The van der Waals surface area contributed by atoms with Gasteiger partial charge in [0.15, 0.2) is 18.1 Å². The number of hydrazone groups is 1. The number of benzene rings is 1. The van der Waals surface area contributed by atoms with Gasteiger partial charge in [-0.25, -0.2) is 9.78 Å². The number of hydrogen-bond donors (Lipinski definition) is 2. The number of carbonyl (C=O) groups excluding carboxylic acids is 1. The van der Waals surface area contributed by atoms with Gasteiger partial charge in [-0.1, -0.05) is 11.6 Å². The van der Waals surface area contributed by atoms with Crippen LogP contribution in [0.2, 0.25) is 5.02 Å². The van der Waals surface area contributed by atoms with E-state index in [2.05, 4.69) is 15.5 Å². The highest BCUT2D eigenvalue weighted by Gasteiger charge is 2.12. The molecule has 1 aromatic carbocycles. The zero-order chi connectivity index (χ0) is 21.2. The molecule has 0 atom stereocenters. The van der Waals surface area contributed by atoms with Crippen LogP contribution in [0.25, 0.3) is 0 Å². The van der Waals surface area contributed by atoms with E-state index in [1.807, 2.05) is 0 Å². The van der Waals surface area contributed by atoms with Crippen molar-refractivity contribution in [2.75, 3.05) is 25.2 Å². The largest absolute Gasteiger partial charge is 0.490 e. The highest BCUT2D eigenvalue weighted by atomic mass is 35.5. The van der Waals surface area contributed by atoms with E-state index in [9.17, 15) is 9.59 Å². The number of rotatable bonds is 11. The summed E-state index contributed by atoms with van der Waals surface area (Å²) in [5.41, 5.74) is 3.89. The average Bonchev–Trinajstić information content (AvgIpc) is 3.10. The van der Waals surface area contributed by atoms with Gasteiger partial charge < -0.3 is 19.3 Å². The Labute approximate surface area is 176 Å². The lowest BCUT2D eigenvalue weighted by Crippen LogP contribution is -2.10. The number of carbonyl (C=O) groups is 2. The fourth-order valence-electron chi connectivity index (χ4n) is 2.13. The number of thiazole rings is 1. The number of hydrogen-bond acceptors (Lipinski definition) is 9. The number of nitrogens with one attached hydrogen (secondary N) is 1. The lowest BCUT2D eigenvalue weighted by atomic mass is 10.2. The number of carboxylic acid groups (broad SMARTS) is 1. The van der Waals surface area contributed by atoms with Crippen molar-refractivity contribution in [3.05, 3.63) is 33.8 Å². The van der Waals surface area contributed by atoms with Gasteiger partial charge in [0.2, 0.25) is 5.13 Å². The second-order valence-electron chi connectivity index (χ2n) is 5.43. The second-order valence-corrected chi connectivity index (χ2v) is 6.70. The normalized spacial score (nSPS) is 10.7. The summed E-state index contributed by atoms with van der Waals surface area (Å²) in [6, 6.07) is 3.07. The summed E-state index contributed by atoms with van der Waals surface area (Å²) in [6.07, 6.45) is 1.56. The van der Waals surface area contributed by atoms with E-state index in [0.717, 1.165) is 0 Å². The fraction of sp³-hybridized carbons (Fsp3) is 0.333. The highest BCUT2D eigenvalue weighted by Crippen LogP contribution is 2.33. The van der Waals surface area contributed by atoms with Crippen molar-refractivity contribution in [1.82, 2.24) is 4.98 Å². The summed E-state index contributed by atoms with van der Waals surface area (Å²) in [4.78, 5) is 26.4. The van der Waals surface area contributed by atoms with Crippen molar-refractivity contribution in [3.63, 3.8) is 0 Å². The van der Waals surface area contributed by atoms with E-state index in [1.54, 1.807) is 25.3 Å². The lowest BCUT2D eigenvalue weighted by Gasteiger charge is -2.12. The van der Waals surface area contributed by atoms with Crippen LogP contribution in [0.15, 0.2) is 22.6 Å². The molecule has 29 heavy (non-hydrogen) atoms. The quantitative estimate of drug-likeness (QED) is 0.310. The number of ether oxygens (including phenoxy) is 3. The molecule has 0 radical (unpaired) electrons. The molecule has 2 rings (SSSR count). The summed E-state index contributed by atoms with van der Waals surface area (Å²) >= 11 is 7.52. The molecule has 0 bridgehead atoms. The molecular formula is C18H20ClN3O6S.